The Morgan fingerprint density at radius 2 is 2.33 bits per heavy atom. The van der Waals surface area contributed by atoms with E-state index in [0.717, 1.165) is 10.0 Å². The van der Waals surface area contributed by atoms with Crippen molar-refractivity contribution >= 4 is 21.9 Å². The average molecular weight is 270 g/mol. The van der Waals surface area contributed by atoms with Crippen LogP contribution < -0.4 is 5.32 Å². The van der Waals surface area contributed by atoms with Gasteiger partial charge in [0.05, 0.1) is 0 Å². The molecule has 80 valence electrons. The molecule has 2 atom stereocenters. The Hall–Kier alpha value is -0.870. The van der Waals surface area contributed by atoms with Gasteiger partial charge in [-0.05, 0) is 36.6 Å². The lowest BCUT2D eigenvalue weighted by Gasteiger charge is -2.29. The van der Waals surface area contributed by atoms with Crippen molar-refractivity contribution in [3.63, 3.8) is 0 Å². The molecule has 0 fully saturated rings. The molecular formula is C11H12BrNO2. The van der Waals surface area contributed by atoms with Gasteiger partial charge in [-0.1, -0.05) is 22.0 Å². The molecule has 0 spiro atoms. The van der Waals surface area contributed by atoms with E-state index < -0.39 is 12.0 Å². The van der Waals surface area contributed by atoms with Crippen LogP contribution in [0.3, 0.4) is 0 Å². The summed E-state index contributed by atoms with van der Waals surface area (Å²) < 4.78 is 1.03. The van der Waals surface area contributed by atoms with E-state index >= 15 is 0 Å². The molecule has 15 heavy (non-hydrogen) atoms. The Morgan fingerprint density at radius 1 is 1.60 bits per heavy atom. The van der Waals surface area contributed by atoms with Crippen molar-refractivity contribution in [3.05, 3.63) is 33.8 Å². The minimum atomic E-state index is -0.782. The summed E-state index contributed by atoms with van der Waals surface area (Å²) >= 11 is 3.42. The number of fused-ring (bicyclic) bond motifs is 1. The Kier molecular flexibility index (Phi) is 2.80. The Morgan fingerprint density at radius 3 is 3.00 bits per heavy atom. The lowest BCUT2D eigenvalue weighted by Crippen LogP contribution is -2.43. The maximum atomic E-state index is 10.9. The first kappa shape index (κ1) is 10.6. The molecule has 0 bridgehead atoms. The summed E-state index contributed by atoms with van der Waals surface area (Å²) in [6.45, 7) is 1.99. The number of hydrogen-bond donors (Lipinski definition) is 2. The second kappa shape index (κ2) is 3.94. The predicted molar refractivity (Wildman–Crippen MR) is 60.8 cm³/mol. The molecule has 0 radical (unpaired) electrons. The molecule has 2 rings (SSSR count). The van der Waals surface area contributed by atoms with Crippen LogP contribution in [0.15, 0.2) is 22.7 Å². The molecule has 0 saturated carbocycles. The molecular weight excluding hydrogens is 258 g/mol. The number of nitrogens with one attached hydrogen (secondary N) is 1. The number of benzene rings is 1. The molecule has 1 aromatic rings. The lowest BCUT2D eigenvalue weighted by molar-refractivity contribution is -0.139. The van der Waals surface area contributed by atoms with Gasteiger partial charge in [0.2, 0.25) is 0 Å². The van der Waals surface area contributed by atoms with Crippen LogP contribution in [0.1, 0.15) is 24.1 Å². The summed E-state index contributed by atoms with van der Waals surface area (Å²) in [6, 6.07) is 5.62. The minimum Gasteiger partial charge on any atom is -0.480 e. The van der Waals surface area contributed by atoms with E-state index in [2.05, 4.69) is 21.2 Å². The lowest BCUT2D eigenvalue weighted by atomic mass is 9.91. The SMILES string of the molecule is CC1N[C@H](C(=O)O)Cc2ccc(Br)cc21. The molecule has 4 heteroatoms. The quantitative estimate of drug-likeness (QED) is 0.821. The molecule has 1 aliphatic heterocycles. The van der Waals surface area contributed by atoms with Gasteiger partial charge in [-0.25, -0.2) is 0 Å². The van der Waals surface area contributed by atoms with Crippen molar-refractivity contribution in [3.8, 4) is 0 Å². The van der Waals surface area contributed by atoms with E-state index in [9.17, 15) is 4.79 Å². The number of carboxylic acids is 1. The van der Waals surface area contributed by atoms with Gasteiger partial charge in [-0.3, -0.25) is 10.1 Å². The molecule has 1 aliphatic rings. The van der Waals surface area contributed by atoms with Gasteiger partial charge in [0.25, 0.3) is 0 Å². The van der Waals surface area contributed by atoms with Crippen molar-refractivity contribution in [2.45, 2.75) is 25.4 Å². The van der Waals surface area contributed by atoms with Crippen LogP contribution in [0.5, 0.6) is 0 Å². The topological polar surface area (TPSA) is 49.3 Å². The molecule has 1 heterocycles. The zero-order valence-electron chi connectivity index (χ0n) is 8.33. The highest BCUT2D eigenvalue weighted by Gasteiger charge is 2.27. The van der Waals surface area contributed by atoms with E-state index in [4.69, 9.17) is 5.11 Å². The minimum absolute atomic E-state index is 0.0901. The number of carbonyl (C=O) groups is 1. The average Bonchev–Trinajstić information content (AvgIpc) is 2.18. The van der Waals surface area contributed by atoms with Gasteiger partial charge >= 0.3 is 5.97 Å². The van der Waals surface area contributed by atoms with Crippen molar-refractivity contribution < 1.29 is 9.90 Å². The van der Waals surface area contributed by atoms with Crippen LogP contribution in [0.25, 0.3) is 0 Å². The zero-order chi connectivity index (χ0) is 11.0. The van der Waals surface area contributed by atoms with Gasteiger partial charge < -0.3 is 5.11 Å². The fourth-order valence-electron chi connectivity index (χ4n) is 1.98. The second-order valence-electron chi connectivity index (χ2n) is 3.83. The maximum absolute atomic E-state index is 10.9. The third-order valence-electron chi connectivity index (χ3n) is 2.75. The second-order valence-corrected chi connectivity index (χ2v) is 4.74. The number of rotatable bonds is 1. The molecule has 1 unspecified atom stereocenters. The third-order valence-corrected chi connectivity index (χ3v) is 3.24. The van der Waals surface area contributed by atoms with Crippen molar-refractivity contribution in [2.24, 2.45) is 0 Å². The Balaban J connectivity index is 2.36. The van der Waals surface area contributed by atoms with Gasteiger partial charge in [0.1, 0.15) is 6.04 Å². The van der Waals surface area contributed by atoms with Gasteiger partial charge in [-0.2, -0.15) is 0 Å². The largest absolute Gasteiger partial charge is 0.480 e. The fourth-order valence-corrected chi connectivity index (χ4v) is 2.36. The molecule has 3 nitrogen and oxygen atoms in total. The first-order valence-corrected chi connectivity index (χ1v) is 5.64. The smallest absolute Gasteiger partial charge is 0.321 e. The van der Waals surface area contributed by atoms with Crippen LogP contribution in [0, 0.1) is 0 Å². The highest BCUT2D eigenvalue weighted by molar-refractivity contribution is 9.10. The summed E-state index contributed by atoms with van der Waals surface area (Å²) in [5, 5.41) is 12.0. The molecule has 0 aliphatic carbocycles. The normalized spacial score (nSPS) is 24.7. The van der Waals surface area contributed by atoms with Crippen LogP contribution in [-0.4, -0.2) is 17.1 Å². The van der Waals surface area contributed by atoms with E-state index in [1.54, 1.807) is 0 Å². The number of carboxylic acid groups (broad SMARTS) is 1. The summed E-state index contributed by atoms with van der Waals surface area (Å²) in [5.41, 5.74) is 2.30. The number of hydrogen-bond acceptors (Lipinski definition) is 2. The third kappa shape index (κ3) is 2.06. The molecule has 2 N–H and O–H groups in total. The molecule has 0 aromatic heterocycles. The number of aliphatic carboxylic acids is 1. The van der Waals surface area contributed by atoms with E-state index in [0.29, 0.717) is 6.42 Å². The van der Waals surface area contributed by atoms with E-state index in [-0.39, 0.29) is 6.04 Å². The highest BCUT2D eigenvalue weighted by Crippen LogP contribution is 2.27. The number of halogens is 1. The first-order valence-electron chi connectivity index (χ1n) is 4.85. The maximum Gasteiger partial charge on any atom is 0.321 e. The first-order chi connectivity index (χ1) is 7.08. The van der Waals surface area contributed by atoms with E-state index in [1.807, 2.05) is 25.1 Å². The summed E-state index contributed by atoms with van der Waals surface area (Å²) in [7, 11) is 0. The van der Waals surface area contributed by atoms with Gasteiger partial charge in [0, 0.05) is 10.5 Å². The Labute approximate surface area is 96.6 Å². The monoisotopic (exact) mass is 269 g/mol. The summed E-state index contributed by atoms with van der Waals surface area (Å²) in [4.78, 5) is 10.9. The van der Waals surface area contributed by atoms with Gasteiger partial charge in [-0.15, -0.1) is 0 Å². The van der Waals surface area contributed by atoms with Gasteiger partial charge in [0.15, 0.2) is 0 Å². The van der Waals surface area contributed by atoms with Crippen LogP contribution in [0.4, 0.5) is 0 Å². The Bertz CT molecular complexity index is 406. The van der Waals surface area contributed by atoms with Crippen molar-refractivity contribution in [1.82, 2.24) is 5.32 Å². The molecule has 0 saturated heterocycles. The van der Waals surface area contributed by atoms with Crippen molar-refractivity contribution in [1.29, 1.82) is 0 Å². The fraction of sp³-hybridized carbons (Fsp3) is 0.364. The summed E-state index contributed by atoms with van der Waals surface area (Å²) in [5.74, 6) is -0.782. The standard InChI is InChI=1S/C11H12BrNO2/c1-6-9-5-8(12)3-2-7(9)4-10(13-6)11(14)15/h2-3,5-6,10,13H,4H2,1H3,(H,14,15)/t6?,10-/m0/s1. The zero-order valence-corrected chi connectivity index (χ0v) is 9.91. The molecule has 0 amide bonds. The van der Waals surface area contributed by atoms with Crippen LogP contribution in [0.2, 0.25) is 0 Å². The summed E-state index contributed by atoms with van der Waals surface area (Å²) in [6.07, 6.45) is 0.558. The predicted octanol–water partition coefficient (Wildman–Crippen LogP) is 2.11. The van der Waals surface area contributed by atoms with E-state index in [1.165, 1.54) is 5.56 Å². The van der Waals surface area contributed by atoms with Crippen LogP contribution >= 0.6 is 15.9 Å². The molecule has 1 aromatic carbocycles. The van der Waals surface area contributed by atoms with Crippen LogP contribution in [-0.2, 0) is 11.2 Å². The highest BCUT2D eigenvalue weighted by atomic mass is 79.9. The van der Waals surface area contributed by atoms with Crippen molar-refractivity contribution in [2.75, 3.05) is 0 Å².